The van der Waals surface area contributed by atoms with Crippen LogP contribution in [0.15, 0.2) is 22.9 Å². The molecule has 1 unspecified atom stereocenters. The van der Waals surface area contributed by atoms with Crippen LogP contribution in [0.4, 0.5) is 14.9 Å². The molecule has 0 aromatic carbocycles. The number of hydrogen-bond donors (Lipinski definition) is 1. The monoisotopic (exact) mass is 305 g/mol. The second kappa shape index (κ2) is 6.08. The van der Waals surface area contributed by atoms with E-state index in [0.717, 1.165) is 19.3 Å². The van der Waals surface area contributed by atoms with Crippen molar-refractivity contribution in [3.63, 3.8) is 0 Å². The third kappa shape index (κ3) is 3.05. The van der Waals surface area contributed by atoms with Gasteiger partial charge in [0.2, 0.25) is 11.8 Å². The summed E-state index contributed by atoms with van der Waals surface area (Å²) in [5.74, 6) is 0.406. The predicted molar refractivity (Wildman–Crippen MR) is 75.5 cm³/mol. The second-order valence-electron chi connectivity index (χ2n) is 5.18. The lowest BCUT2D eigenvalue weighted by atomic mass is 10.0. The predicted octanol–water partition coefficient (Wildman–Crippen LogP) is 2.67. The summed E-state index contributed by atoms with van der Waals surface area (Å²) in [5.41, 5.74) is 0.442. The van der Waals surface area contributed by atoms with Gasteiger partial charge in [0.15, 0.2) is 5.82 Å². The maximum absolute atomic E-state index is 12.8. The van der Waals surface area contributed by atoms with E-state index in [4.69, 9.17) is 4.52 Å². The summed E-state index contributed by atoms with van der Waals surface area (Å²) in [6.07, 6.45) is 3.96. The molecule has 3 rings (SSSR count). The molecular weight excluding hydrogens is 289 g/mol. The quantitative estimate of drug-likeness (QED) is 0.862. The Bertz CT molecular complexity index is 658. The van der Waals surface area contributed by atoms with Crippen LogP contribution < -0.4 is 5.32 Å². The van der Waals surface area contributed by atoms with E-state index in [1.165, 1.54) is 18.3 Å². The Balaban J connectivity index is 1.75. The Kier molecular flexibility index (Phi) is 3.99. The Morgan fingerprint density at radius 2 is 2.32 bits per heavy atom. The lowest BCUT2D eigenvalue weighted by Crippen LogP contribution is -2.41. The number of pyridine rings is 1. The van der Waals surface area contributed by atoms with Crippen LogP contribution in [0.25, 0.3) is 0 Å². The van der Waals surface area contributed by atoms with Crippen molar-refractivity contribution in [1.29, 1.82) is 0 Å². The Labute approximate surface area is 126 Å². The van der Waals surface area contributed by atoms with Crippen molar-refractivity contribution in [2.75, 3.05) is 11.9 Å². The maximum Gasteiger partial charge on any atom is 0.322 e. The number of aryl methyl sites for hydroxylation is 1. The van der Waals surface area contributed by atoms with Crippen LogP contribution >= 0.6 is 0 Å². The molecule has 2 aromatic rings. The lowest BCUT2D eigenvalue weighted by molar-refractivity contribution is 0.142. The van der Waals surface area contributed by atoms with Crippen LogP contribution in [0.1, 0.15) is 37.0 Å². The number of rotatable bonds is 2. The largest absolute Gasteiger partial charge is 0.337 e. The first-order valence-corrected chi connectivity index (χ1v) is 7.13. The van der Waals surface area contributed by atoms with Crippen molar-refractivity contribution in [2.45, 2.75) is 32.2 Å². The van der Waals surface area contributed by atoms with Crippen LogP contribution in [-0.4, -0.2) is 32.6 Å². The molecule has 1 aliphatic rings. The highest BCUT2D eigenvalue weighted by Gasteiger charge is 2.32. The molecule has 22 heavy (non-hydrogen) atoms. The number of aromatic nitrogens is 3. The van der Waals surface area contributed by atoms with Gasteiger partial charge < -0.3 is 14.7 Å². The molecule has 1 saturated heterocycles. The van der Waals surface area contributed by atoms with Crippen LogP contribution in [0, 0.1) is 12.9 Å². The summed E-state index contributed by atoms with van der Waals surface area (Å²) in [6, 6.07) is 2.15. The number of carbonyl (C=O) groups is 1. The van der Waals surface area contributed by atoms with E-state index in [1.54, 1.807) is 11.8 Å². The smallest absolute Gasteiger partial charge is 0.322 e. The first-order valence-electron chi connectivity index (χ1n) is 7.13. The van der Waals surface area contributed by atoms with Crippen molar-refractivity contribution in [1.82, 2.24) is 20.0 Å². The van der Waals surface area contributed by atoms with Crippen molar-refractivity contribution >= 4 is 11.7 Å². The van der Waals surface area contributed by atoms with E-state index in [2.05, 4.69) is 20.4 Å². The summed E-state index contributed by atoms with van der Waals surface area (Å²) < 4.78 is 18.0. The highest BCUT2D eigenvalue weighted by atomic mass is 19.1. The molecule has 0 spiro atoms. The van der Waals surface area contributed by atoms with Gasteiger partial charge in [0.25, 0.3) is 0 Å². The zero-order valence-corrected chi connectivity index (χ0v) is 12.1. The summed E-state index contributed by atoms with van der Waals surface area (Å²) in [4.78, 5) is 21.9. The molecular formula is C14H16FN5O2. The summed E-state index contributed by atoms with van der Waals surface area (Å²) in [5, 5.41) is 6.50. The van der Waals surface area contributed by atoms with E-state index in [-0.39, 0.29) is 12.1 Å². The molecule has 8 heteroatoms. The number of anilines is 1. The minimum Gasteiger partial charge on any atom is -0.337 e. The molecule has 0 aliphatic carbocycles. The standard InChI is InChI=1S/C14H16FN5O2/c1-9-17-13(22-19-9)11-4-2-3-7-20(11)14(21)18-10-5-6-12(15)16-8-10/h5-6,8,11H,2-4,7H2,1H3,(H,18,21). The summed E-state index contributed by atoms with van der Waals surface area (Å²) >= 11 is 0. The Morgan fingerprint density at radius 1 is 1.45 bits per heavy atom. The number of hydrogen-bond acceptors (Lipinski definition) is 5. The maximum atomic E-state index is 12.8. The number of halogens is 1. The zero-order chi connectivity index (χ0) is 15.5. The van der Waals surface area contributed by atoms with Gasteiger partial charge in [-0.05, 0) is 38.3 Å². The molecule has 1 N–H and O–H groups in total. The zero-order valence-electron chi connectivity index (χ0n) is 12.1. The van der Waals surface area contributed by atoms with E-state index < -0.39 is 5.95 Å². The van der Waals surface area contributed by atoms with Crippen LogP contribution in [0.2, 0.25) is 0 Å². The highest BCUT2D eigenvalue weighted by Crippen LogP contribution is 2.30. The molecule has 1 fully saturated rings. The van der Waals surface area contributed by atoms with E-state index >= 15 is 0 Å². The van der Waals surface area contributed by atoms with Crippen LogP contribution in [0.5, 0.6) is 0 Å². The van der Waals surface area contributed by atoms with Crippen molar-refractivity contribution < 1.29 is 13.7 Å². The highest BCUT2D eigenvalue weighted by molar-refractivity contribution is 5.89. The fourth-order valence-corrected chi connectivity index (χ4v) is 2.52. The number of carbonyl (C=O) groups excluding carboxylic acids is 1. The third-order valence-electron chi connectivity index (χ3n) is 3.57. The van der Waals surface area contributed by atoms with Gasteiger partial charge in [-0.25, -0.2) is 9.78 Å². The van der Waals surface area contributed by atoms with Crippen molar-refractivity contribution in [2.24, 2.45) is 0 Å². The van der Waals surface area contributed by atoms with Gasteiger partial charge >= 0.3 is 6.03 Å². The number of nitrogens with zero attached hydrogens (tertiary/aromatic N) is 4. The molecule has 116 valence electrons. The normalized spacial score (nSPS) is 18.3. The van der Waals surface area contributed by atoms with E-state index in [9.17, 15) is 9.18 Å². The molecule has 2 aromatic heterocycles. The molecule has 0 bridgehead atoms. The summed E-state index contributed by atoms with van der Waals surface area (Å²) in [7, 11) is 0. The molecule has 1 aliphatic heterocycles. The lowest BCUT2D eigenvalue weighted by Gasteiger charge is -2.33. The molecule has 7 nitrogen and oxygen atoms in total. The van der Waals surface area contributed by atoms with Crippen LogP contribution in [0.3, 0.4) is 0 Å². The molecule has 0 saturated carbocycles. The van der Waals surface area contributed by atoms with Gasteiger partial charge in [0.1, 0.15) is 6.04 Å². The number of nitrogens with one attached hydrogen (secondary N) is 1. The van der Waals surface area contributed by atoms with E-state index in [0.29, 0.717) is 23.9 Å². The third-order valence-corrected chi connectivity index (χ3v) is 3.57. The second-order valence-corrected chi connectivity index (χ2v) is 5.18. The molecule has 0 radical (unpaired) electrons. The first-order chi connectivity index (χ1) is 10.6. The fraction of sp³-hybridized carbons (Fsp3) is 0.429. The van der Waals surface area contributed by atoms with Gasteiger partial charge in [0, 0.05) is 6.54 Å². The molecule has 1 atom stereocenters. The van der Waals surface area contributed by atoms with Gasteiger partial charge in [-0.2, -0.15) is 9.37 Å². The van der Waals surface area contributed by atoms with Crippen LogP contribution in [-0.2, 0) is 0 Å². The fourth-order valence-electron chi connectivity index (χ4n) is 2.52. The number of amides is 2. The van der Waals surface area contributed by atoms with E-state index in [1.807, 2.05) is 0 Å². The van der Waals surface area contributed by atoms with Gasteiger partial charge in [-0.3, -0.25) is 0 Å². The van der Waals surface area contributed by atoms with Crippen molar-refractivity contribution in [3.8, 4) is 0 Å². The SMILES string of the molecule is Cc1noc(C2CCCCN2C(=O)Nc2ccc(F)nc2)n1. The minimum atomic E-state index is -0.588. The topological polar surface area (TPSA) is 84.2 Å². The Hall–Kier alpha value is -2.51. The molecule has 2 amide bonds. The average molecular weight is 305 g/mol. The minimum absolute atomic E-state index is 0.233. The summed E-state index contributed by atoms with van der Waals surface area (Å²) in [6.45, 7) is 2.34. The van der Waals surface area contributed by atoms with Gasteiger partial charge in [-0.15, -0.1) is 0 Å². The van der Waals surface area contributed by atoms with Gasteiger partial charge in [0.05, 0.1) is 11.9 Å². The molecule has 3 heterocycles. The number of urea groups is 1. The first kappa shape index (κ1) is 14.4. The Morgan fingerprint density at radius 3 is 3.00 bits per heavy atom. The number of likely N-dealkylation sites (tertiary alicyclic amines) is 1. The number of piperidine rings is 1. The van der Waals surface area contributed by atoms with Crippen molar-refractivity contribution in [3.05, 3.63) is 36.0 Å². The van der Waals surface area contributed by atoms with Gasteiger partial charge in [-0.1, -0.05) is 5.16 Å². The average Bonchev–Trinajstić information content (AvgIpc) is 2.96.